The van der Waals surface area contributed by atoms with Crippen molar-refractivity contribution < 1.29 is 27.5 Å². The van der Waals surface area contributed by atoms with Gasteiger partial charge >= 0.3 is 6.36 Å². The number of benzene rings is 2. The van der Waals surface area contributed by atoms with E-state index in [0.29, 0.717) is 16.8 Å². The third-order valence-electron chi connectivity index (χ3n) is 4.13. The van der Waals surface area contributed by atoms with Crippen LogP contribution in [0.1, 0.15) is 21.5 Å². The maximum absolute atomic E-state index is 12.3. The first kappa shape index (κ1) is 22.5. The van der Waals surface area contributed by atoms with Crippen molar-refractivity contribution in [1.29, 1.82) is 0 Å². The van der Waals surface area contributed by atoms with Gasteiger partial charge in [0, 0.05) is 36.3 Å². The number of carbonyl (C=O) groups excluding carboxylic acids is 2. The highest BCUT2D eigenvalue weighted by Crippen LogP contribution is 2.23. The minimum absolute atomic E-state index is 0.0200. The van der Waals surface area contributed by atoms with E-state index in [2.05, 4.69) is 20.4 Å². The summed E-state index contributed by atoms with van der Waals surface area (Å²) in [5.41, 5.74) is 2.11. The highest BCUT2D eigenvalue weighted by atomic mass is 19.4. The molecular formula is C23H18F3N3O3. The summed E-state index contributed by atoms with van der Waals surface area (Å²) >= 11 is 0. The second-order valence-corrected chi connectivity index (χ2v) is 6.56. The first-order valence-electron chi connectivity index (χ1n) is 9.40. The molecule has 0 bridgehead atoms. The van der Waals surface area contributed by atoms with Crippen LogP contribution in [0.5, 0.6) is 5.75 Å². The zero-order chi connectivity index (χ0) is 23.0. The van der Waals surface area contributed by atoms with Gasteiger partial charge in [0.25, 0.3) is 5.91 Å². The molecule has 0 aliphatic rings. The van der Waals surface area contributed by atoms with Crippen molar-refractivity contribution in [3.05, 3.63) is 95.8 Å². The van der Waals surface area contributed by atoms with E-state index in [4.69, 9.17) is 0 Å². The zero-order valence-corrected chi connectivity index (χ0v) is 16.6. The number of halogens is 3. The van der Waals surface area contributed by atoms with E-state index in [9.17, 15) is 22.8 Å². The lowest BCUT2D eigenvalue weighted by atomic mass is 10.1. The number of alkyl halides is 3. The van der Waals surface area contributed by atoms with E-state index >= 15 is 0 Å². The Morgan fingerprint density at radius 1 is 1.00 bits per heavy atom. The molecule has 0 fully saturated rings. The lowest BCUT2D eigenvalue weighted by molar-refractivity contribution is -0.274. The zero-order valence-electron chi connectivity index (χ0n) is 16.6. The first-order valence-corrected chi connectivity index (χ1v) is 9.40. The molecule has 0 atom stereocenters. The second kappa shape index (κ2) is 10.3. The van der Waals surface area contributed by atoms with Crippen LogP contribution < -0.4 is 15.4 Å². The van der Waals surface area contributed by atoms with Gasteiger partial charge in [0.05, 0.1) is 0 Å². The Hall–Kier alpha value is -4.14. The van der Waals surface area contributed by atoms with E-state index in [1.807, 2.05) is 0 Å². The van der Waals surface area contributed by atoms with Gasteiger partial charge in [0.2, 0.25) is 5.91 Å². The summed E-state index contributed by atoms with van der Waals surface area (Å²) in [7, 11) is 0. The summed E-state index contributed by atoms with van der Waals surface area (Å²) in [6.07, 6.45) is 1.48. The minimum Gasteiger partial charge on any atom is -0.406 e. The van der Waals surface area contributed by atoms with Gasteiger partial charge in [0.15, 0.2) is 0 Å². The molecule has 2 aromatic carbocycles. The largest absolute Gasteiger partial charge is 0.573 e. The third kappa shape index (κ3) is 7.28. The predicted molar refractivity (Wildman–Crippen MR) is 113 cm³/mol. The molecule has 2 N–H and O–H groups in total. The summed E-state index contributed by atoms with van der Waals surface area (Å²) in [6, 6.07) is 15.1. The van der Waals surface area contributed by atoms with Crippen molar-refractivity contribution in [3.63, 3.8) is 0 Å². The van der Waals surface area contributed by atoms with Crippen LogP contribution >= 0.6 is 0 Å². The van der Waals surface area contributed by atoms with Crippen molar-refractivity contribution in [1.82, 2.24) is 10.3 Å². The number of ether oxygens (including phenoxy) is 1. The maximum Gasteiger partial charge on any atom is 0.573 e. The average molecular weight is 441 g/mol. The van der Waals surface area contributed by atoms with Crippen LogP contribution in [0.3, 0.4) is 0 Å². The van der Waals surface area contributed by atoms with Crippen LogP contribution in [-0.4, -0.2) is 23.2 Å². The summed E-state index contributed by atoms with van der Waals surface area (Å²) in [5, 5.41) is 5.31. The average Bonchev–Trinajstić information content (AvgIpc) is 2.76. The molecule has 0 saturated carbocycles. The maximum atomic E-state index is 12.3. The molecule has 0 spiro atoms. The van der Waals surface area contributed by atoms with Crippen molar-refractivity contribution in [2.75, 3.05) is 5.32 Å². The highest BCUT2D eigenvalue weighted by molar-refractivity contribution is 6.02. The number of nitrogens with one attached hydrogen (secondary N) is 2. The fourth-order valence-corrected chi connectivity index (χ4v) is 2.67. The predicted octanol–water partition coefficient (Wildman–Crippen LogP) is 4.56. The van der Waals surface area contributed by atoms with Gasteiger partial charge in [0.1, 0.15) is 5.75 Å². The van der Waals surface area contributed by atoms with Gasteiger partial charge in [-0.25, -0.2) is 0 Å². The number of hydrogen-bond acceptors (Lipinski definition) is 4. The van der Waals surface area contributed by atoms with Crippen LogP contribution in [-0.2, 0) is 11.3 Å². The van der Waals surface area contributed by atoms with Gasteiger partial charge in [-0.2, -0.15) is 0 Å². The van der Waals surface area contributed by atoms with E-state index in [-0.39, 0.29) is 18.2 Å². The van der Waals surface area contributed by atoms with Crippen molar-refractivity contribution >= 4 is 23.6 Å². The van der Waals surface area contributed by atoms with Crippen LogP contribution in [0.2, 0.25) is 0 Å². The molecule has 164 valence electrons. The van der Waals surface area contributed by atoms with Gasteiger partial charge in [-0.05, 0) is 65.7 Å². The lowest BCUT2D eigenvalue weighted by Gasteiger charge is -2.11. The molecule has 0 aliphatic carbocycles. The monoisotopic (exact) mass is 441 g/mol. The molecule has 1 aromatic heterocycles. The topological polar surface area (TPSA) is 80.3 Å². The van der Waals surface area contributed by atoms with Crippen LogP contribution in [0.4, 0.5) is 18.9 Å². The van der Waals surface area contributed by atoms with E-state index in [1.165, 1.54) is 36.4 Å². The number of hydrogen-bond donors (Lipinski definition) is 2. The number of nitrogens with zero attached hydrogens (tertiary/aromatic N) is 1. The van der Waals surface area contributed by atoms with Gasteiger partial charge < -0.3 is 15.4 Å². The third-order valence-corrected chi connectivity index (χ3v) is 4.13. The van der Waals surface area contributed by atoms with E-state index in [1.54, 1.807) is 48.8 Å². The quantitative estimate of drug-likeness (QED) is 0.527. The standard InChI is InChI=1S/C23H18F3N3O3/c24-23(25,26)32-20-3-1-2-17(14-20)15-28-22(31)18-5-7-19(8-6-18)29-21(30)9-4-16-10-12-27-13-11-16/h1-14H,15H2,(H,28,31)(H,29,30). The SMILES string of the molecule is O=C(C=Cc1ccncc1)Nc1ccc(C(=O)NCc2cccc(OC(F)(F)F)c2)cc1. The molecular weight excluding hydrogens is 423 g/mol. The van der Waals surface area contributed by atoms with Crippen molar-refractivity contribution in [2.24, 2.45) is 0 Å². The normalized spacial score (nSPS) is 11.2. The van der Waals surface area contributed by atoms with Gasteiger partial charge in [-0.3, -0.25) is 14.6 Å². The summed E-state index contributed by atoms with van der Waals surface area (Å²) < 4.78 is 40.8. The summed E-state index contributed by atoms with van der Waals surface area (Å²) in [6.45, 7) is 0.0200. The molecule has 0 radical (unpaired) electrons. The smallest absolute Gasteiger partial charge is 0.406 e. The molecule has 0 aliphatic heterocycles. The Bertz CT molecular complexity index is 1100. The Balaban J connectivity index is 1.52. The molecule has 0 unspecified atom stereocenters. The Labute approximate surface area is 181 Å². The summed E-state index contributed by atoms with van der Waals surface area (Å²) in [5.74, 6) is -1.11. The fourth-order valence-electron chi connectivity index (χ4n) is 2.67. The van der Waals surface area contributed by atoms with Gasteiger partial charge in [-0.15, -0.1) is 13.2 Å². The Kier molecular flexibility index (Phi) is 7.22. The van der Waals surface area contributed by atoms with Gasteiger partial charge in [-0.1, -0.05) is 12.1 Å². The number of anilines is 1. The highest BCUT2D eigenvalue weighted by Gasteiger charge is 2.31. The van der Waals surface area contributed by atoms with Crippen LogP contribution in [0.15, 0.2) is 79.1 Å². The molecule has 0 saturated heterocycles. The van der Waals surface area contributed by atoms with Crippen molar-refractivity contribution in [3.8, 4) is 5.75 Å². The number of amides is 2. The van der Waals surface area contributed by atoms with E-state index < -0.39 is 12.3 Å². The fraction of sp³-hybridized carbons (Fsp3) is 0.0870. The molecule has 3 aromatic rings. The lowest BCUT2D eigenvalue weighted by Crippen LogP contribution is -2.23. The number of aromatic nitrogens is 1. The van der Waals surface area contributed by atoms with Crippen LogP contribution in [0.25, 0.3) is 6.08 Å². The summed E-state index contributed by atoms with van der Waals surface area (Å²) in [4.78, 5) is 28.2. The molecule has 9 heteroatoms. The molecule has 3 rings (SSSR count). The first-order chi connectivity index (χ1) is 15.3. The second-order valence-electron chi connectivity index (χ2n) is 6.56. The molecule has 1 heterocycles. The number of rotatable bonds is 7. The number of pyridine rings is 1. The van der Waals surface area contributed by atoms with E-state index in [0.717, 1.165) is 5.56 Å². The molecule has 32 heavy (non-hydrogen) atoms. The molecule has 6 nitrogen and oxygen atoms in total. The Morgan fingerprint density at radius 3 is 2.41 bits per heavy atom. The molecule has 2 amide bonds. The number of carbonyl (C=O) groups is 2. The van der Waals surface area contributed by atoms with Crippen LogP contribution in [0, 0.1) is 0 Å². The van der Waals surface area contributed by atoms with Crippen molar-refractivity contribution in [2.45, 2.75) is 12.9 Å². The minimum atomic E-state index is -4.78. The Morgan fingerprint density at radius 2 is 1.72 bits per heavy atom.